The van der Waals surface area contributed by atoms with Crippen molar-refractivity contribution in [1.29, 1.82) is 0 Å². The number of alkyl halides is 3. The molecule has 3 aliphatic carbocycles. The van der Waals surface area contributed by atoms with Crippen molar-refractivity contribution in [3.8, 4) is 0 Å². The van der Waals surface area contributed by atoms with Gasteiger partial charge in [-0.25, -0.2) is 13.2 Å². The van der Waals surface area contributed by atoms with Crippen LogP contribution < -0.4 is 0 Å². The molecule has 0 spiro atoms. The second-order valence-electron chi connectivity index (χ2n) is 7.90. The monoisotopic (exact) mass is 382 g/mol. The summed E-state index contributed by atoms with van der Waals surface area (Å²) >= 11 is 0. The van der Waals surface area contributed by atoms with E-state index in [1.807, 2.05) is 0 Å². The molecule has 0 bridgehead atoms. The predicted molar refractivity (Wildman–Crippen MR) is 91.2 cm³/mol. The predicted octanol–water partition coefficient (Wildman–Crippen LogP) is 6.05. The van der Waals surface area contributed by atoms with Gasteiger partial charge in [0.1, 0.15) is 18.5 Å². The van der Waals surface area contributed by atoms with E-state index in [1.165, 1.54) is 0 Å². The normalized spacial score (nSPS) is 42.7. The fourth-order valence-electron chi connectivity index (χ4n) is 4.22. The quantitative estimate of drug-likeness (QED) is 0.543. The molecule has 0 saturated heterocycles. The smallest absolute Gasteiger partial charge is 0.305 e. The second kappa shape index (κ2) is 8.75. The van der Waals surface area contributed by atoms with Crippen LogP contribution >= 0.6 is 7.60 Å². The lowest BCUT2D eigenvalue weighted by Gasteiger charge is -2.37. The molecule has 0 unspecified atom stereocenters. The first-order valence-electron chi connectivity index (χ1n) is 9.83. The fourth-order valence-corrected chi connectivity index (χ4v) is 6.80. The molecule has 0 N–H and O–H groups in total. The van der Waals surface area contributed by atoms with Gasteiger partial charge in [0.2, 0.25) is 0 Å². The lowest BCUT2D eigenvalue weighted by Crippen LogP contribution is -2.30. The maximum absolute atomic E-state index is 13.6. The first-order chi connectivity index (χ1) is 11.9. The van der Waals surface area contributed by atoms with E-state index in [9.17, 15) is 17.7 Å². The zero-order chi connectivity index (χ0) is 17.9. The van der Waals surface area contributed by atoms with Crippen molar-refractivity contribution in [1.82, 2.24) is 0 Å². The highest BCUT2D eigenvalue weighted by molar-refractivity contribution is 7.54. The Labute approximate surface area is 148 Å². The standard InChI is InChI=1S/C18H30F3O3P/c19-13-1-7-16(8-2-13)23-25(22,18-11-5-15(21)6-12-18)24-17-9-3-14(20)4-10-17/h13-18H,1-12H2. The summed E-state index contributed by atoms with van der Waals surface area (Å²) in [5.41, 5.74) is -0.286. The third kappa shape index (κ3) is 5.46. The minimum absolute atomic E-state index is 0.251. The van der Waals surface area contributed by atoms with Gasteiger partial charge < -0.3 is 9.05 Å². The molecular weight excluding hydrogens is 352 g/mol. The lowest BCUT2D eigenvalue weighted by atomic mass is 9.96. The van der Waals surface area contributed by atoms with Crippen LogP contribution in [0.1, 0.15) is 77.0 Å². The summed E-state index contributed by atoms with van der Waals surface area (Å²) in [6, 6.07) is 0. The molecule has 0 radical (unpaired) electrons. The molecule has 0 amide bonds. The number of hydrogen-bond donors (Lipinski definition) is 0. The molecule has 0 aromatic heterocycles. The molecule has 0 atom stereocenters. The van der Waals surface area contributed by atoms with E-state index in [1.54, 1.807) is 0 Å². The number of hydrogen-bond acceptors (Lipinski definition) is 3. The zero-order valence-electron chi connectivity index (χ0n) is 14.8. The summed E-state index contributed by atoms with van der Waals surface area (Å²) < 4.78 is 65.8. The summed E-state index contributed by atoms with van der Waals surface area (Å²) in [5.74, 6) is 0. The Morgan fingerprint density at radius 1 is 0.560 bits per heavy atom. The van der Waals surface area contributed by atoms with Gasteiger partial charge in [0, 0.05) is 0 Å². The van der Waals surface area contributed by atoms with Gasteiger partial charge in [-0.05, 0) is 77.0 Å². The van der Waals surface area contributed by atoms with Gasteiger partial charge >= 0.3 is 7.60 Å². The Bertz CT molecular complexity index is 426. The van der Waals surface area contributed by atoms with Crippen LogP contribution in [0.2, 0.25) is 0 Å². The minimum atomic E-state index is -3.41. The molecule has 7 heteroatoms. The highest BCUT2D eigenvalue weighted by atomic mass is 31.2. The topological polar surface area (TPSA) is 35.5 Å². The van der Waals surface area contributed by atoms with E-state index in [2.05, 4.69) is 0 Å². The van der Waals surface area contributed by atoms with E-state index < -0.39 is 26.1 Å². The van der Waals surface area contributed by atoms with Crippen molar-refractivity contribution in [3.63, 3.8) is 0 Å². The van der Waals surface area contributed by atoms with Crippen molar-refractivity contribution in [2.75, 3.05) is 0 Å². The molecule has 0 aliphatic heterocycles. The average Bonchev–Trinajstić information content (AvgIpc) is 2.60. The number of rotatable bonds is 5. The summed E-state index contributed by atoms with van der Waals surface area (Å²) in [5, 5.41) is 0. The lowest BCUT2D eigenvalue weighted by molar-refractivity contribution is 0.0497. The van der Waals surface area contributed by atoms with Crippen molar-refractivity contribution in [3.05, 3.63) is 0 Å². The van der Waals surface area contributed by atoms with Gasteiger partial charge in [0.15, 0.2) is 0 Å². The summed E-state index contributed by atoms with van der Waals surface area (Å²) in [6.45, 7) is 0. The van der Waals surface area contributed by atoms with Crippen LogP contribution in [0.25, 0.3) is 0 Å². The van der Waals surface area contributed by atoms with Crippen molar-refractivity contribution in [2.45, 2.75) is 113 Å². The Hall–Kier alpha value is -0.0600. The Kier molecular flexibility index (Phi) is 6.89. The van der Waals surface area contributed by atoms with Crippen LogP contribution in [-0.2, 0) is 13.6 Å². The van der Waals surface area contributed by atoms with Crippen LogP contribution in [0.5, 0.6) is 0 Å². The molecule has 3 aliphatic rings. The minimum Gasteiger partial charge on any atom is -0.305 e. The maximum Gasteiger partial charge on any atom is 0.334 e. The van der Waals surface area contributed by atoms with E-state index in [0.717, 1.165) is 0 Å². The molecule has 0 heterocycles. The molecule has 0 aromatic carbocycles. The van der Waals surface area contributed by atoms with E-state index in [4.69, 9.17) is 9.05 Å². The highest BCUT2D eigenvalue weighted by Crippen LogP contribution is 2.61. The summed E-state index contributed by atoms with van der Waals surface area (Å²) in [6.07, 6.45) is 2.70. The first-order valence-corrected chi connectivity index (χ1v) is 11.4. The Balaban J connectivity index is 1.65. The second-order valence-corrected chi connectivity index (χ2v) is 10.1. The van der Waals surface area contributed by atoms with Gasteiger partial charge in [0.25, 0.3) is 0 Å². The van der Waals surface area contributed by atoms with Crippen LogP contribution in [0, 0.1) is 0 Å². The maximum atomic E-state index is 13.6. The largest absolute Gasteiger partial charge is 0.334 e. The molecular formula is C18H30F3O3P. The van der Waals surface area contributed by atoms with E-state index in [-0.39, 0.29) is 17.9 Å². The van der Waals surface area contributed by atoms with Crippen molar-refractivity contribution >= 4 is 7.60 Å². The van der Waals surface area contributed by atoms with E-state index in [0.29, 0.717) is 77.0 Å². The molecule has 3 saturated carbocycles. The van der Waals surface area contributed by atoms with Gasteiger partial charge in [0.05, 0.1) is 17.9 Å². The van der Waals surface area contributed by atoms with Crippen LogP contribution in [0.3, 0.4) is 0 Å². The fraction of sp³-hybridized carbons (Fsp3) is 1.00. The third-order valence-corrected chi connectivity index (χ3v) is 8.47. The zero-order valence-corrected chi connectivity index (χ0v) is 15.6. The van der Waals surface area contributed by atoms with Gasteiger partial charge in [-0.1, -0.05) is 0 Å². The molecule has 25 heavy (non-hydrogen) atoms. The third-order valence-electron chi connectivity index (χ3n) is 5.87. The first kappa shape index (κ1) is 19.7. The van der Waals surface area contributed by atoms with Gasteiger partial charge in [-0.3, -0.25) is 4.57 Å². The molecule has 3 nitrogen and oxygen atoms in total. The van der Waals surface area contributed by atoms with E-state index >= 15 is 0 Å². The number of halogens is 3. The Morgan fingerprint density at radius 3 is 1.24 bits per heavy atom. The van der Waals surface area contributed by atoms with Gasteiger partial charge in [-0.2, -0.15) is 0 Å². The van der Waals surface area contributed by atoms with Crippen LogP contribution in [0.4, 0.5) is 13.2 Å². The molecule has 3 fully saturated rings. The van der Waals surface area contributed by atoms with Crippen LogP contribution in [-0.4, -0.2) is 36.4 Å². The highest BCUT2D eigenvalue weighted by Gasteiger charge is 2.43. The molecule has 0 aromatic rings. The molecule has 146 valence electrons. The van der Waals surface area contributed by atoms with Crippen LogP contribution in [0.15, 0.2) is 0 Å². The van der Waals surface area contributed by atoms with Crippen molar-refractivity contribution < 1.29 is 26.8 Å². The summed E-state index contributed by atoms with van der Waals surface area (Å²) in [4.78, 5) is 0. The average molecular weight is 382 g/mol. The Morgan fingerprint density at radius 2 is 0.880 bits per heavy atom. The van der Waals surface area contributed by atoms with Gasteiger partial charge in [-0.15, -0.1) is 0 Å². The SMILES string of the molecule is O=P(OC1CCC(F)CC1)(OC1CCC(F)CC1)C1CCC(F)CC1. The van der Waals surface area contributed by atoms with Crippen molar-refractivity contribution in [2.24, 2.45) is 0 Å². The summed E-state index contributed by atoms with van der Waals surface area (Å²) in [7, 11) is -3.41. The molecule has 3 rings (SSSR count).